The van der Waals surface area contributed by atoms with Crippen molar-refractivity contribution in [1.29, 1.82) is 0 Å². The van der Waals surface area contributed by atoms with E-state index in [9.17, 15) is 9.59 Å². The van der Waals surface area contributed by atoms with Crippen molar-refractivity contribution in [1.82, 2.24) is 25.5 Å². The topological polar surface area (TPSA) is 106 Å². The zero-order chi connectivity index (χ0) is 27.1. The van der Waals surface area contributed by atoms with Crippen LogP contribution in [0.3, 0.4) is 0 Å². The van der Waals surface area contributed by atoms with Crippen LogP contribution in [0, 0.1) is 0 Å². The van der Waals surface area contributed by atoms with Gasteiger partial charge in [0.05, 0.1) is 35.7 Å². The number of H-pyrrole nitrogens is 1. The molecule has 10 nitrogen and oxygen atoms in total. The summed E-state index contributed by atoms with van der Waals surface area (Å²) in [5.74, 6) is -0.135. The third kappa shape index (κ3) is 4.66. The Morgan fingerprint density at radius 1 is 0.925 bits per heavy atom. The highest BCUT2D eigenvalue weighted by atomic mass is 16.5. The second kappa shape index (κ2) is 10.7. The molecule has 3 fully saturated rings. The Bertz CT molecular complexity index is 1400. The molecule has 1 aromatic heterocycles. The molecule has 0 atom stereocenters. The van der Waals surface area contributed by atoms with Gasteiger partial charge in [-0.25, -0.2) is 9.80 Å². The fourth-order valence-corrected chi connectivity index (χ4v) is 6.60. The highest BCUT2D eigenvalue weighted by Gasteiger charge is 2.35. The van der Waals surface area contributed by atoms with E-state index in [0.29, 0.717) is 54.5 Å². The van der Waals surface area contributed by atoms with Gasteiger partial charge in [-0.05, 0) is 57.0 Å². The Morgan fingerprint density at radius 2 is 1.68 bits per heavy atom. The largest absolute Gasteiger partial charge is 0.379 e. The van der Waals surface area contributed by atoms with E-state index < -0.39 is 0 Å². The number of carbonyl (C=O) groups excluding carboxylic acids is 2. The second-order valence-electron chi connectivity index (χ2n) is 11.1. The van der Waals surface area contributed by atoms with Gasteiger partial charge >= 0.3 is 6.03 Å². The Hall–Kier alpha value is -3.73. The molecule has 4 aliphatic rings. The number of benzene rings is 2. The van der Waals surface area contributed by atoms with Crippen LogP contribution in [0.1, 0.15) is 41.6 Å². The van der Waals surface area contributed by atoms with Gasteiger partial charge in [0.2, 0.25) is 0 Å². The van der Waals surface area contributed by atoms with Crippen LogP contribution >= 0.6 is 0 Å². The van der Waals surface area contributed by atoms with Gasteiger partial charge in [0.1, 0.15) is 5.69 Å². The zero-order valence-electron chi connectivity index (χ0n) is 22.6. The first kappa shape index (κ1) is 25.3. The summed E-state index contributed by atoms with van der Waals surface area (Å²) in [5.41, 5.74) is 8.56. The summed E-state index contributed by atoms with van der Waals surface area (Å²) < 4.78 is 5.34. The lowest BCUT2D eigenvalue weighted by Crippen LogP contribution is -2.49. The predicted octanol–water partition coefficient (Wildman–Crippen LogP) is 3.72. The number of hydrogen-bond donors (Lipinski definition) is 3. The number of fused-ring (bicyclic) bond motifs is 3. The molecule has 0 unspecified atom stereocenters. The number of carbonyl (C=O) groups is 2. The van der Waals surface area contributed by atoms with Gasteiger partial charge in [-0.3, -0.25) is 15.3 Å². The molecule has 0 bridgehead atoms. The summed E-state index contributed by atoms with van der Waals surface area (Å²) in [4.78, 5) is 31.5. The van der Waals surface area contributed by atoms with E-state index in [1.54, 1.807) is 6.07 Å². The number of hydrogen-bond acceptors (Lipinski definition) is 7. The minimum Gasteiger partial charge on any atom is -0.379 e. The molecule has 3 N–H and O–H groups in total. The lowest BCUT2D eigenvalue weighted by molar-refractivity contribution is 0.0207. The monoisotopic (exact) mass is 541 g/mol. The number of anilines is 2. The maximum atomic E-state index is 13.7. The quantitative estimate of drug-likeness (QED) is 0.354. The molecule has 1 aliphatic carbocycles. The molecule has 0 spiro atoms. The van der Waals surface area contributed by atoms with Gasteiger partial charge < -0.3 is 19.9 Å². The minimum atomic E-state index is -0.378. The number of ketones is 1. The van der Waals surface area contributed by atoms with Crippen molar-refractivity contribution >= 4 is 23.2 Å². The number of urea groups is 1. The summed E-state index contributed by atoms with van der Waals surface area (Å²) >= 11 is 0. The normalized spacial score (nSPS) is 20.0. The summed E-state index contributed by atoms with van der Waals surface area (Å²) in [6.45, 7) is 7.04. The van der Waals surface area contributed by atoms with Crippen molar-refractivity contribution in [2.24, 2.45) is 0 Å². The first-order chi connectivity index (χ1) is 19.7. The minimum absolute atomic E-state index is 0.135. The summed E-state index contributed by atoms with van der Waals surface area (Å²) in [5, 5.41) is 12.3. The van der Waals surface area contributed by atoms with Crippen LogP contribution in [0.15, 0.2) is 42.5 Å². The van der Waals surface area contributed by atoms with E-state index in [2.05, 4.69) is 55.0 Å². The smallest absolute Gasteiger partial charge is 0.333 e. The number of hydrazine groups is 1. The van der Waals surface area contributed by atoms with Gasteiger partial charge in [-0.2, -0.15) is 5.10 Å². The van der Waals surface area contributed by atoms with Crippen molar-refractivity contribution in [3.8, 4) is 22.5 Å². The van der Waals surface area contributed by atoms with Crippen LogP contribution in [-0.4, -0.2) is 90.4 Å². The van der Waals surface area contributed by atoms with Crippen molar-refractivity contribution < 1.29 is 14.3 Å². The Balaban J connectivity index is 1.06. The van der Waals surface area contributed by atoms with Crippen molar-refractivity contribution in [3.05, 3.63) is 53.6 Å². The van der Waals surface area contributed by atoms with Crippen LogP contribution in [0.25, 0.3) is 22.5 Å². The van der Waals surface area contributed by atoms with Gasteiger partial charge in [-0.15, -0.1) is 0 Å². The first-order valence-corrected chi connectivity index (χ1v) is 14.4. The molecule has 208 valence electrons. The molecule has 40 heavy (non-hydrogen) atoms. The third-order valence-electron chi connectivity index (χ3n) is 8.70. The van der Waals surface area contributed by atoms with Gasteiger partial charge in [-0.1, -0.05) is 24.3 Å². The number of piperidine rings is 1. The second-order valence-corrected chi connectivity index (χ2v) is 11.1. The highest BCUT2D eigenvalue weighted by molar-refractivity contribution is 6.26. The predicted molar refractivity (Wildman–Crippen MR) is 153 cm³/mol. The fourth-order valence-electron chi connectivity index (χ4n) is 6.60. The lowest BCUT2D eigenvalue weighted by Gasteiger charge is -2.37. The molecular weight excluding hydrogens is 506 g/mol. The van der Waals surface area contributed by atoms with Crippen molar-refractivity contribution in [2.75, 3.05) is 62.7 Å². The Labute approximate surface area is 233 Å². The molecular formula is C30H35N7O3. The molecule has 0 radical (unpaired) electrons. The van der Waals surface area contributed by atoms with Crippen LogP contribution in [0.5, 0.6) is 0 Å². The standard InChI is InChI=1S/C30H35N7O3/c38-29-25-23(4-3-5-24(25)31-30(39)34-37-16-18-40-19-17-37)28-26(29)27(32-33-28)20-6-8-21(9-7-20)36-14-10-22(11-15-36)35-12-1-2-13-35/h3-9,22H,1-2,10-19H2,(H,32,33)(H2,31,34,39). The van der Waals surface area contributed by atoms with Crippen LogP contribution < -0.4 is 15.6 Å². The number of nitrogens with one attached hydrogen (secondary N) is 3. The van der Waals surface area contributed by atoms with E-state index in [1.165, 1.54) is 44.5 Å². The summed E-state index contributed by atoms with van der Waals surface area (Å²) in [7, 11) is 0. The number of amides is 2. The average molecular weight is 542 g/mol. The summed E-state index contributed by atoms with van der Waals surface area (Å²) in [6.07, 6.45) is 5.10. The lowest BCUT2D eigenvalue weighted by atomic mass is 10.0. The van der Waals surface area contributed by atoms with E-state index >= 15 is 0 Å². The van der Waals surface area contributed by atoms with Crippen LogP contribution in [-0.2, 0) is 4.74 Å². The summed E-state index contributed by atoms with van der Waals surface area (Å²) in [6, 6.07) is 14.2. The van der Waals surface area contributed by atoms with E-state index in [4.69, 9.17) is 4.74 Å². The number of nitrogens with zero attached hydrogens (tertiary/aromatic N) is 4. The fraction of sp³-hybridized carbons (Fsp3) is 0.433. The molecule has 4 heterocycles. The maximum Gasteiger partial charge on any atom is 0.333 e. The Morgan fingerprint density at radius 3 is 2.42 bits per heavy atom. The van der Waals surface area contributed by atoms with Crippen molar-refractivity contribution in [2.45, 2.75) is 31.7 Å². The number of morpholine rings is 1. The number of aromatic nitrogens is 2. The van der Waals surface area contributed by atoms with E-state index in [-0.39, 0.29) is 11.8 Å². The molecule has 7 rings (SSSR count). The van der Waals surface area contributed by atoms with E-state index in [1.807, 2.05) is 17.1 Å². The molecule has 10 heteroatoms. The molecule has 3 aliphatic heterocycles. The number of ether oxygens (including phenoxy) is 1. The van der Waals surface area contributed by atoms with Gasteiger partial charge in [0.25, 0.3) is 0 Å². The SMILES string of the molecule is O=C(Nc1cccc2c1C(=O)c1c(-c3ccc(N4CCC(N5CCCC5)CC4)cc3)n[nH]c1-2)NN1CCOCC1. The number of aromatic amines is 1. The van der Waals surface area contributed by atoms with Gasteiger partial charge in [0, 0.05) is 49.0 Å². The molecule has 0 saturated carbocycles. The number of rotatable bonds is 5. The zero-order valence-corrected chi connectivity index (χ0v) is 22.6. The van der Waals surface area contributed by atoms with Crippen LogP contribution in [0.2, 0.25) is 0 Å². The van der Waals surface area contributed by atoms with Gasteiger partial charge in [0.15, 0.2) is 5.78 Å². The number of likely N-dealkylation sites (tertiary alicyclic amines) is 1. The van der Waals surface area contributed by atoms with E-state index in [0.717, 1.165) is 30.3 Å². The van der Waals surface area contributed by atoms with Crippen molar-refractivity contribution in [3.63, 3.8) is 0 Å². The first-order valence-electron chi connectivity index (χ1n) is 14.4. The third-order valence-corrected chi connectivity index (χ3v) is 8.70. The Kier molecular flexibility index (Phi) is 6.74. The molecule has 3 saturated heterocycles. The highest BCUT2D eigenvalue weighted by Crippen LogP contribution is 2.43. The average Bonchev–Trinajstić information content (AvgIpc) is 3.73. The van der Waals surface area contributed by atoms with Crippen LogP contribution in [0.4, 0.5) is 16.2 Å². The molecule has 3 aromatic rings. The molecule has 2 aromatic carbocycles. The maximum absolute atomic E-state index is 13.7. The molecule has 2 amide bonds.